The number of ether oxygens (including phenoxy) is 4. The molecule has 12 atom stereocenters. The number of fused-ring (bicyclic) bond motifs is 3. The average molecular weight is 651 g/mol. The van der Waals surface area contributed by atoms with Gasteiger partial charge in [0.1, 0.15) is 0 Å². The van der Waals surface area contributed by atoms with Crippen LogP contribution < -0.4 is 29.6 Å². The van der Waals surface area contributed by atoms with E-state index >= 15 is 0 Å². The molecular formula is C40H46N2O6. The van der Waals surface area contributed by atoms with E-state index < -0.39 is 0 Å². The van der Waals surface area contributed by atoms with Gasteiger partial charge in [0.2, 0.25) is 25.4 Å². The molecule has 2 N–H and O–H groups in total. The molecule has 2 aliphatic heterocycles. The zero-order valence-corrected chi connectivity index (χ0v) is 27.8. The van der Waals surface area contributed by atoms with Crippen LogP contribution in [0.15, 0.2) is 60.7 Å². The lowest BCUT2D eigenvalue weighted by Gasteiger charge is -2.71. The fourth-order valence-corrected chi connectivity index (χ4v) is 11.5. The van der Waals surface area contributed by atoms with E-state index in [4.69, 9.17) is 18.9 Å². The molecule has 3 fully saturated rings. The standard InChI is InChI=1S/C40H46N2O6/c1-3-41-35(43)17-29-27(13-21-5-11-31-33(15-21)47-19-45-31)25-8-7-23-24-9-10-26(37(23)39(25)29)40-30(18-36(44)42-4-2)28(38(24)40)14-22-6-12-32-34(16-22)48-20-46-32/h5-12,15-16,23-30,37-40H,3-4,13-14,17-20H2,1-2H3,(H,41,43)(H,42,44)/t23-,24+,25-,26-,27+,28-,29-,30-,37-,38-,39-,40+/m1/s1. The van der Waals surface area contributed by atoms with Gasteiger partial charge >= 0.3 is 0 Å². The summed E-state index contributed by atoms with van der Waals surface area (Å²) in [5.74, 6) is 8.95. The van der Waals surface area contributed by atoms with Gasteiger partial charge in [0.05, 0.1) is 0 Å². The zero-order valence-electron chi connectivity index (χ0n) is 27.8. The molecule has 48 heavy (non-hydrogen) atoms. The Morgan fingerprint density at radius 1 is 0.562 bits per heavy atom. The second-order valence-electron chi connectivity index (χ2n) is 15.1. The van der Waals surface area contributed by atoms with Gasteiger partial charge in [-0.05, 0) is 133 Å². The molecule has 10 rings (SSSR count). The number of hydrogen-bond acceptors (Lipinski definition) is 6. The summed E-state index contributed by atoms with van der Waals surface area (Å²) in [6, 6.07) is 12.7. The summed E-state index contributed by atoms with van der Waals surface area (Å²) in [7, 11) is 0. The van der Waals surface area contributed by atoms with Gasteiger partial charge in [0.25, 0.3) is 0 Å². The van der Waals surface area contributed by atoms with Crippen LogP contribution in [0.1, 0.15) is 37.8 Å². The molecule has 252 valence electrons. The van der Waals surface area contributed by atoms with Crippen LogP contribution in [-0.2, 0) is 22.4 Å². The maximum absolute atomic E-state index is 13.2. The Morgan fingerprint density at radius 2 is 1.02 bits per heavy atom. The van der Waals surface area contributed by atoms with Crippen molar-refractivity contribution in [3.8, 4) is 23.0 Å². The van der Waals surface area contributed by atoms with E-state index in [1.165, 1.54) is 11.1 Å². The fourth-order valence-electron chi connectivity index (χ4n) is 11.5. The van der Waals surface area contributed by atoms with Crippen molar-refractivity contribution in [2.75, 3.05) is 26.7 Å². The molecular weight excluding hydrogens is 604 g/mol. The molecule has 3 saturated carbocycles. The number of allylic oxidation sites excluding steroid dienone is 4. The first-order valence-electron chi connectivity index (χ1n) is 18.2. The van der Waals surface area contributed by atoms with Crippen LogP contribution in [0.2, 0.25) is 0 Å². The third kappa shape index (κ3) is 4.76. The number of carbonyl (C=O) groups excluding carboxylic acids is 2. The first kappa shape index (κ1) is 30.1. The smallest absolute Gasteiger partial charge is 0.231 e. The minimum absolute atomic E-state index is 0.165. The fraction of sp³-hybridized carbons (Fsp3) is 0.550. The normalized spacial score (nSPS) is 36.7. The van der Waals surface area contributed by atoms with Crippen LogP contribution in [0.3, 0.4) is 0 Å². The lowest BCUT2D eigenvalue weighted by Crippen LogP contribution is -2.67. The van der Waals surface area contributed by atoms with Gasteiger partial charge in [-0.3, -0.25) is 9.59 Å². The van der Waals surface area contributed by atoms with E-state index in [-0.39, 0.29) is 25.4 Å². The summed E-state index contributed by atoms with van der Waals surface area (Å²) >= 11 is 0. The van der Waals surface area contributed by atoms with E-state index in [1.807, 2.05) is 26.0 Å². The summed E-state index contributed by atoms with van der Waals surface area (Å²) in [5.41, 5.74) is 2.51. The third-order valence-electron chi connectivity index (χ3n) is 13.2. The van der Waals surface area contributed by atoms with Gasteiger partial charge in [-0.15, -0.1) is 0 Å². The van der Waals surface area contributed by atoms with Gasteiger partial charge < -0.3 is 29.6 Å². The van der Waals surface area contributed by atoms with E-state index in [2.05, 4.69) is 59.2 Å². The number of hydrogen-bond donors (Lipinski definition) is 2. The highest BCUT2D eigenvalue weighted by molar-refractivity contribution is 5.77. The van der Waals surface area contributed by atoms with Gasteiger partial charge in [-0.25, -0.2) is 0 Å². The number of rotatable bonds is 10. The van der Waals surface area contributed by atoms with Crippen LogP contribution in [0.4, 0.5) is 0 Å². The number of nitrogens with one attached hydrogen (secondary N) is 2. The molecule has 8 nitrogen and oxygen atoms in total. The quantitative estimate of drug-likeness (QED) is 0.328. The molecule has 8 heteroatoms. The van der Waals surface area contributed by atoms with Gasteiger partial charge in [-0.2, -0.15) is 0 Å². The van der Waals surface area contributed by atoms with Crippen molar-refractivity contribution < 1.29 is 28.5 Å². The summed E-state index contributed by atoms with van der Waals surface area (Å²) in [6.45, 7) is 5.86. The Kier molecular flexibility index (Phi) is 7.46. The first-order chi connectivity index (χ1) is 23.5. The maximum atomic E-state index is 13.2. The lowest BCUT2D eigenvalue weighted by atomic mass is 9.33. The lowest BCUT2D eigenvalue weighted by molar-refractivity contribution is -0.191. The Bertz CT molecular complexity index is 1670. The van der Waals surface area contributed by atoms with Crippen molar-refractivity contribution in [2.24, 2.45) is 71.0 Å². The second-order valence-corrected chi connectivity index (χ2v) is 15.1. The molecule has 2 heterocycles. The summed E-state index contributed by atoms with van der Waals surface area (Å²) < 4.78 is 22.6. The van der Waals surface area contributed by atoms with Crippen molar-refractivity contribution in [1.82, 2.24) is 10.6 Å². The summed E-state index contributed by atoms with van der Waals surface area (Å²) in [6.07, 6.45) is 13.2. The molecule has 0 spiro atoms. The van der Waals surface area contributed by atoms with E-state index in [0.717, 1.165) is 35.8 Å². The van der Waals surface area contributed by atoms with Crippen LogP contribution in [-0.4, -0.2) is 38.5 Å². The van der Waals surface area contributed by atoms with Gasteiger partial charge in [0, 0.05) is 25.9 Å². The Morgan fingerprint density at radius 3 is 1.62 bits per heavy atom. The highest BCUT2D eigenvalue weighted by Gasteiger charge is 2.67. The number of amides is 2. The monoisotopic (exact) mass is 650 g/mol. The molecule has 2 aromatic carbocycles. The van der Waals surface area contributed by atoms with E-state index in [0.29, 0.717) is 96.9 Å². The SMILES string of the molecule is CCNC(=O)C[C@@H]1[C@@H](Cc2ccc3c(c2)OCO3)[C@H]2C=C[C@@H]3[C@@H]4C=C[C@H]([C@@H]3[C@H]21)[C@H]1[C@H](CC(=O)NCC)[C@@H](Cc2ccc3c(c2)OCO3)[C@@H]41. The zero-order chi connectivity index (χ0) is 32.5. The molecule has 0 unspecified atom stereocenters. The molecule has 2 amide bonds. The molecule has 2 aromatic rings. The van der Waals surface area contributed by atoms with Crippen LogP contribution in [0.5, 0.6) is 23.0 Å². The van der Waals surface area contributed by atoms with Crippen molar-refractivity contribution in [1.29, 1.82) is 0 Å². The molecule has 0 radical (unpaired) electrons. The Labute approximate surface area is 282 Å². The minimum atomic E-state index is 0.165. The summed E-state index contributed by atoms with van der Waals surface area (Å²) in [5, 5.41) is 6.21. The molecule has 6 aliphatic carbocycles. The van der Waals surface area contributed by atoms with Gasteiger partial charge in [-0.1, -0.05) is 36.4 Å². The molecule has 8 aliphatic rings. The third-order valence-corrected chi connectivity index (χ3v) is 13.2. The highest BCUT2D eigenvalue weighted by atomic mass is 16.7. The minimum Gasteiger partial charge on any atom is -0.454 e. The van der Waals surface area contributed by atoms with Crippen LogP contribution in [0.25, 0.3) is 0 Å². The summed E-state index contributed by atoms with van der Waals surface area (Å²) in [4.78, 5) is 26.4. The maximum Gasteiger partial charge on any atom is 0.231 e. The number of benzene rings is 2. The predicted molar refractivity (Wildman–Crippen MR) is 179 cm³/mol. The van der Waals surface area contributed by atoms with Crippen molar-refractivity contribution in [3.63, 3.8) is 0 Å². The largest absolute Gasteiger partial charge is 0.454 e. The number of carbonyl (C=O) groups is 2. The molecule has 2 bridgehead atoms. The van der Waals surface area contributed by atoms with Gasteiger partial charge in [0.15, 0.2) is 23.0 Å². The predicted octanol–water partition coefficient (Wildman–Crippen LogP) is 5.56. The second kappa shape index (κ2) is 11.9. The van der Waals surface area contributed by atoms with E-state index in [1.54, 1.807) is 0 Å². The van der Waals surface area contributed by atoms with Crippen molar-refractivity contribution in [2.45, 2.75) is 39.5 Å². The Hall–Kier alpha value is -3.94. The Balaban J connectivity index is 1.01. The highest BCUT2D eigenvalue weighted by Crippen LogP contribution is 2.71. The molecule has 0 aromatic heterocycles. The van der Waals surface area contributed by atoms with Crippen molar-refractivity contribution in [3.05, 3.63) is 71.8 Å². The first-order valence-corrected chi connectivity index (χ1v) is 18.2. The van der Waals surface area contributed by atoms with Crippen molar-refractivity contribution >= 4 is 11.8 Å². The van der Waals surface area contributed by atoms with Crippen LogP contribution >= 0.6 is 0 Å². The molecule has 0 saturated heterocycles. The van der Waals surface area contributed by atoms with E-state index in [9.17, 15) is 9.59 Å². The topological polar surface area (TPSA) is 95.1 Å². The van der Waals surface area contributed by atoms with Crippen LogP contribution in [0, 0.1) is 71.0 Å². The average Bonchev–Trinajstić information content (AvgIpc) is 3.76.